The minimum Gasteiger partial charge on any atom is -0.397 e. The number of aryl methyl sites for hydroxylation is 1. The van der Waals surface area contributed by atoms with Gasteiger partial charge in [0.05, 0.1) is 22.1 Å². The molecule has 4 nitrogen and oxygen atoms in total. The van der Waals surface area contributed by atoms with Gasteiger partial charge in [0.15, 0.2) is 0 Å². The van der Waals surface area contributed by atoms with E-state index in [-0.39, 0.29) is 0 Å². The highest BCUT2D eigenvalue weighted by molar-refractivity contribution is 6.36. The van der Waals surface area contributed by atoms with Gasteiger partial charge in [0.2, 0.25) is 5.91 Å². The van der Waals surface area contributed by atoms with Crippen molar-refractivity contribution in [1.82, 2.24) is 4.98 Å². The number of nitrogens with zero attached hydrogens (tertiary/aromatic N) is 1. The highest BCUT2D eigenvalue weighted by Crippen LogP contribution is 2.37. The molecule has 4 N–H and O–H groups in total. The lowest BCUT2D eigenvalue weighted by atomic mass is 9.92. The molecule has 1 unspecified atom stereocenters. The predicted octanol–water partition coefficient (Wildman–Crippen LogP) is 5.47. The molecule has 1 aromatic heterocycles. The Morgan fingerprint density at radius 3 is 2.25 bits per heavy atom. The Labute approximate surface area is 178 Å². The number of hydrogen-bond donors (Lipinski definition) is 2. The van der Waals surface area contributed by atoms with Crippen LogP contribution in [0.15, 0.2) is 48.5 Å². The lowest BCUT2D eigenvalue weighted by Gasteiger charge is -2.19. The van der Waals surface area contributed by atoms with Crippen molar-refractivity contribution in [3.8, 4) is 11.3 Å². The Hall–Kier alpha value is -2.27. The van der Waals surface area contributed by atoms with Crippen LogP contribution in [0.25, 0.3) is 11.3 Å². The number of carbonyl (C=O) groups is 1. The second-order valence-electron chi connectivity index (χ2n) is 6.31. The van der Waals surface area contributed by atoms with Crippen LogP contribution in [-0.2, 0) is 11.2 Å². The molecule has 0 bridgehead atoms. The summed E-state index contributed by atoms with van der Waals surface area (Å²) in [7, 11) is 0. The van der Waals surface area contributed by atoms with Crippen molar-refractivity contribution < 1.29 is 4.79 Å². The molecule has 0 aliphatic heterocycles. The van der Waals surface area contributed by atoms with Crippen molar-refractivity contribution in [3.63, 3.8) is 0 Å². The number of pyridine rings is 1. The molecule has 1 heterocycles. The van der Waals surface area contributed by atoms with Gasteiger partial charge < -0.3 is 11.5 Å². The standard InChI is InChI=1S/C21H18Cl3N3O/c1-2-11-9-16(12-5-3-8-15(24)20(12)25)27-17(10-11)19(21(26)28)18-13(22)6-4-7-14(18)23/h3-10,19H,2,25H2,1H3,(H2,26,28). The molecular formula is C21H18Cl3N3O. The first-order valence-corrected chi connectivity index (χ1v) is 9.75. The number of nitrogen functional groups attached to an aromatic ring is 1. The van der Waals surface area contributed by atoms with Crippen LogP contribution in [0.5, 0.6) is 0 Å². The fourth-order valence-corrected chi connectivity index (χ4v) is 3.87. The molecule has 1 atom stereocenters. The number of carbonyl (C=O) groups excluding carboxylic acids is 1. The van der Waals surface area contributed by atoms with Gasteiger partial charge in [-0.15, -0.1) is 0 Å². The van der Waals surface area contributed by atoms with Crippen LogP contribution >= 0.6 is 34.8 Å². The number of nitrogens with two attached hydrogens (primary N) is 2. The second-order valence-corrected chi connectivity index (χ2v) is 7.53. The molecule has 0 aliphatic carbocycles. The number of amides is 1. The topological polar surface area (TPSA) is 82.0 Å². The molecule has 0 saturated carbocycles. The minimum absolute atomic E-state index is 0.351. The van der Waals surface area contributed by atoms with Crippen LogP contribution in [0.4, 0.5) is 5.69 Å². The van der Waals surface area contributed by atoms with E-state index in [0.717, 1.165) is 12.0 Å². The van der Waals surface area contributed by atoms with E-state index >= 15 is 0 Å². The average molecular weight is 435 g/mol. The van der Waals surface area contributed by atoms with Gasteiger partial charge in [0, 0.05) is 21.2 Å². The third kappa shape index (κ3) is 3.95. The van der Waals surface area contributed by atoms with Crippen LogP contribution in [0.2, 0.25) is 15.1 Å². The summed E-state index contributed by atoms with van der Waals surface area (Å²) >= 11 is 18.8. The van der Waals surface area contributed by atoms with Gasteiger partial charge in [0.25, 0.3) is 0 Å². The Morgan fingerprint density at radius 1 is 1.04 bits per heavy atom. The average Bonchev–Trinajstić information content (AvgIpc) is 2.66. The van der Waals surface area contributed by atoms with Gasteiger partial charge in [-0.1, -0.05) is 59.9 Å². The first kappa shape index (κ1) is 20.5. The van der Waals surface area contributed by atoms with Crippen molar-refractivity contribution in [2.75, 3.05) is 5.73 Å². The third-order valence-corrected chi connectivity index (χ3v) is 5.50. The first-order chi connectivity index (χ1) is 13.3. The normalized spacial score (nSPS) is 12.0. The lowest BCUT2D eigenvalue weighted by Crippen LogP contribution is -2.24. The quantitative estimate of drug-likeness (QED) is 0.522. The number of halogens is 3. The number of rotatable bonds is 5. The minimum atomic E-state index is -0.896. The Kier molecular flexibility index (Phi) is 6.14. The van der Waals surface area contributed by atoms with E-state index < -0.39 is 11.8 Å². The summed E-state index contributed by atoms with van der Waals surface area (Å²) < 4.78 is 0. The van der Waals surface area contributed by atoms with E-state index in [4.69, 9.17) is 46.3 Å². The Morgan fingerprint density at radius 2 is 1.64 bits per heavy atom. The molecule has 0 aliphatic rings. The molecule has 3 aromatic rings. The Balaban J connectivity index is 2.25. The summed E-state index contributed by atoms with van der Waals surface area (Å²) in [5, 5.41) is 1.14. The van der Waals surface area contributed by atoms with Crippen LogP contribution in [0.1, 0.15) is 29.7 Å². The lowest BCUT2D eigenvalue weighted by molar-refractivity contribution is -0.118. The third-order valence-electron chi connectivity index (χ3n) is 4.51. The zero-order valence-electron chi connectivity index (χ0n) is 15.0. The predicted molar refractivity (Wildman–Crippen MR) is 116 cm³/mol. The van der Waals surface area contributed by atoms with Crippen molar-refractivity contribution in [3.05, 3.63) is 80.4 Å². The summed E-state index contributed by atoms with van der Waals surface area (Å²) in [5.41, 5.74) is 15.4. The van der Waals surface area contributed by atoms with Gasteiger partial charge in [-0.2, -0.15) is 0 Å². The summed E-state index contributed by atoms with van der Waals surface area (Å²) in [5.74, 6) is -1.49. The molecule has 3 rings (SSSR count). The van der Waals surface area contributed by atoms with Gasteiger partial charge >= 0.3 is 0 Å². The van der Waals surface area contributed by atoms with E-state index in [2.05, 4.69) is 4.98 Å². The number of anilines is 1. The largest absolute Gasteiger partial charge is 0.397 e. The highest BCUT2D eigenvalue weighted by Gasteiger charge is 2.27. The molecule has 144 valence electrons. The van der Waals surface area contributed by atoms with E-state index in [0.29, 0.717) is 43.3 Å². The first-order valence-electron chi connectivity index (χ1n) is 8.62. The molecule has 0 fully saturated rings. The molecule has 28 heavy (non-hydrogen) atoms. The summed E-state index contributed by atoms with van der Waals surface area (Å²) in [6.45, 7) is 2.01. The van der Waals surface area contributed by atoms with E-state index in [9.17, 15) is 4.79 Å². The maximum absolute atomic E-state index is 12.4. The van der Waals surface area contributed by atoms with Gasteiger partial charge in [0.1, 0.15) is 5.92 Å². The fraction of sp³-hybridized carbons (Fsp3) is 0.143. The van der Waals surface area contributed by atoms with E-state index in [1.807, 2.05) is 25.1 Å². The molecular weight excluding hydrogens is 417 g/mol. The van der Waals surface area contributed by atoms with Crippen LogP contribution in [0.3, 0.4) is 0 Å². The molecule has 0 radical (unpaired) electrons. The number of aromatic nitrogens is 1. The number of benzene rings is 2. The second kappa shape index (κ2) is 8.39. The van der Waals surface area contributed by atoms with Crippen LogP contribution in [-0.4, -0.2) is 10.9 Å². The van der Waals surface area contributed by atoms with Gasteiger partial charge in [-0.05, 0) is 42.3 Å². The van der Waals surface area contributed by atoms with Crippen molar-refractivity contribution in [2.24, 2.45) is 5.73 Å². The van der Waals surface area contributed by atoms with Crippen molar-refractivity contribution >= 4 is 46.4 Å². The summed E-state index contributed by atoms with van der Waals surface area (Å²) in [4.78, 5) is 17.1. The maximum Gasteiger partial charge on any atom is 0.231 e. The maximum atomic E-state index is 12.4. The summed E-state index contributed by atoms with van der Waals surface area (Å²) in [6, 6.07) is 14.1. The number of primary amides is 1. The zero-order chi connectivity index (χ0) is 20.4. The smallest absolute Gasteiger partial charge is 0.231 e. The van der Waals surface area contributed by atoms with E-state index in [1.165, 1.54) is 0 Å². The van der Waals surface area contributed by atoms with Crippen LogP contribution in [0, 0.1) is 0 Å². The van der Waals surface area contributed by atoms with Crippen LogP contribution < -0.4 is 11.5 Å². The van der Waals surface area contributed by atoms with E-state index in [1.54, 1.807) is 30.3 Å². The monoisotopic (exact) mass is 433 g/mol. The zero-order valence-corrected chi connectivity index (χ0v) is 17.3. The number of hydrogen-bond acceptors (Lipinski definition) is 3. The Bertz CT molecular complexity index is 1030. The number of para-hydroxylation sites is 1. The molecule has 0 saturated heterocycles. The molecule has 2 aromatic carbocycles. The molecule has 1 amide bonds. The van der Waals surface area contributed by atoms with Gasteiger partial charge in [-0.25, -0.2) is 0 Å². The van der Waals surface area contributed by atoms with Gasteiger partial charge in [-0.3, -0.25) is 9.78 Å². The molecule has 0 spiro atoms. The van der Waals surface area contributed by atoms with Crippen molar-refractivity contribution in [1.29, 1.82) is 0 Å². The fourth-order valence-electron chi connectivity index (χ4n) is 3.08. The molecule has 7 heteroatoms. The van der Waals surface area contributed by atoms with Crippen molar-refractivity contribution in [2.45, 2.75) is 19.3 Å². The summed E-state index contributed by atoms with van der Waals surface area (Å²) in [6.07, 6.45) is 0.727. The highest BCUT2D eigenvalue weighted by atomic mass is 35.5. The SMILES string of the molecule is CCc1cc(-c2cccc(Cl)c2N)nc(C(C(N)=O)c2c(Cl)cccc2Cl)c1.